The molecule has 19 heavy (non-hydrogen) atoms. The molecule has 0 aromatic heterocycles. The average Bonchev–Trinajstić information content (AvgIpc) is 2.40. The summed E-state index contributed by atoms with van der Waals surface area (Å²) in [6, 6.07) is 5.42. The van der Waals surface area contributed by atoms with Crippen molar-refractivity contribution in [1.82, 2.24) is 0 Å². The highest BCUT2D eigenvalue weighted by molar-refractivity contribution is 9.10. The zero-order valence-electron chi connectivity index (χ0n) is 10.8. The van der Waals surface area contributed by atoms with Crippen molar-refractivity contribution >= 4 is 33.4 Å². The molecule has 1 aliphatic rings. The molecule has 5 heteroatoms. The SMILES string of the molecule is CCOC(=O)c1ccc(N2CCC(=O)CC2)c(Br)c1. The number of rotatable bonds is 3. The summed E-state index contributed by atoms with van der Waals surface area (Å²) in [6.45, 7) is 3.62. The van der Waals surface area contributed by atoms with Gasteiger partial charge < -0.3 is 9.64 Å². The molecule has 0 N–H and O–H groups in total. The Kier molecular flexibility index (Phi) is 4.58. The molecule has 0 radical (unpaired) electrons. The Hall–Kier alpha value is -1.36. The highest BCUT2D eigenvalue weighted by Gasteiger charge is 2.19. The van der Waals surface area contributed by atoms with Crippen molar-refractivity contribution < 1.29 is 14.3 Å². The van der Waals surface area contributed by atoms with Gasteiger partial charge in [-0.2, -0.15) is 0 Å². The molecule has 1 aromatic rings. The lowest BCUT2D eigenvalue weighted by Gasteiger charge is -2.29. The van der Waals surface area contributed by atoms with E-state index in [1.54, 1.807) is 19.1 Å². The molecule has 0 bridgehead atoms. The van der Waals surface area contributed by atoms with Crippen LogP contribution >= 0.6 is 15.9 Å². The normalized spacial score (nSPS) is 15.5. The molecule has 1 fully saturated rings. The first-order chi connectivity index (χ1) is 9.11. The smallest absolute Gasteiger partial charge is 0.338 e. The van der Waals surface area contributed by atoms with Gasteiger partial charge in [-0.25, -0.2) is 4.79 Å². The first-order valence-electron chi connectivity index (χ1n) is 6.35. The van der Waals surface area contributed by atoms with Crippen LogP contribution in [0.1, 0.15) is 30.1 Å². The van der Waals surface area contributed by atoms with Crippen LogP contribution < -0.4 is 4.90 Å². The van der Waals surface area contributed by atoms with Gasteiger partial charge in [0.05, 0.1) is 17.9 Å². The van der Waals surface area contributed by atoms with Crippen LogP contribution in [-0.2, 0) is 9.53 Å². The largest absolute Gasteiger partial charge is 0.462 e. The summed E-state index contributed by atoms with van der Waals surface area (Å²) in [4.78, 5) is 25.0. The van der Waals surface area contributed by atoms with Gasteiger partial charge in [0.15, 0.2) is 0 Å². The minimum atomic E-state index is -0.316. The van der Waals surface area contributed by atoms with E-state index in [4.69, 9.17) is 4.74 Å². The van der Waals surface area contributed by atoms with Gasteiger partial charge in [-0.3, -0.25) is 4.79 Å². The maximum Gasteiger partial charge on any atom is 0.338 e. The second kappa shape index (κ2) is 6.19. The Morgan fingerprint density at radius 3 is 2.63 bits per heavy atom. The number of carbonyl (C=O) groups excluding carboxylic acids is 2. The zero-order chi connectivity index (χ0) is 13.8. The Labute approximate surface area is 120 Å². The summed E-state index contributed by atoms with van der Waals surface area (Å²) in [5, 5.41) is 0. The lowest BCUT2D eigenvalue weighted by molar-refractivity contribution is -0.119. The highest BCUT2D eigenvalue weighted by Crippen LogP contribution is 2.29. The Morgan fingerprint density at radius 1 is 1.37 bits per heavy atom. The number of carbonyl (C=O) groups is 2. The molecule has 102 valence electrons. The van der Waals surface area contributed by atoms with Crippen LogP contribution in [-0.4, -0.2) is 31.4 Å². The predicted molar refractivity (Wildman–Crippen MR) is 76.6 cm³/mol. The molecule has 1 aromatic carbocycles. The van der Waals surface area contributed by atoms with Gasteiger partial charge in [-0.1, -0.05) is 0 Å². The average molecular weight is 326 g/mol. The lowest BCUT2D eigenvalue weighted by Crippen LogP contribution is -2.33. The summed E-state index contributed by atoms with van der Waals surface area (Å²) in [5.41, 5.74) is 1.55. The van der Waals surface area contributed by atoms with Crippen molar-refractivity contribution in [2.75, 3.05) is 24.6 Å². The van der Waals surface area contributed by atoms with Crippen LogP contribution in [0.3, 0.4) is 0 Å². The van der Waals surface area contributed by atoms with E-state index < -0.39 is 0 Å². The van der Waals surface area contributed by atoms with Crippen molar-refractivity contribution in [2.24, 2.45) is 0 Å². The zero-order valence-corrected chi connectivity index (χ0v) is 12.4. The van der Waals surface area contributed by atoms with Gasteiger partial charge in [-0.15, -0.1) is 0 Å². The molecular formula is C14H16BrNO3. The summed E-state index contributed by atoms with van der Waals surface area (Å²) < 4.78 is 5.82. The van der Waals surface area contributed by atoms with Crippen molar-refractivity contribution in [3.8, 4) is 0 Å². The maximum absolute atomic E-state index is 11.6. The third-order valence-corrected chi connectivity index (χ3v) is 3.76. The predicted octanol–water partition coefficient (Wildman–Crippen LogP) is 2.80. The Balaban J connectivity index is 2.15. The fraction of sp³-hybridized carbons (Fsp3) is 0.429. The van der Waals surface area contributed by atoms with Gasteiger partial charge in [0, 0.05) is 30.4 Å². The molecule has 1 saturated heterocycles. The van der Waals surface area contributed by atoms with Crippen LogP contribution in [0.15, 0.2) is 22.7 Å². The van der Waals surface area contributed by atoms with Crippen molar-refractivity contribution in [1.29, 1.82) is 0 Å². The molecule has 0 aliphatic carbocycles. The maximum atomic E-state index is 11.6. The van der Waals surface area contributed by atoms with Gasteiger partial charge in [0.25, 0.3) is 0 Å². The quantitative estimate of drug-likeness (QED) is 0.802. The number of nitrogens with zero attached hydrogens (tertiary/aromatic N) is 1. The van der Waals surface area contributed by atoms with Gasteiger partial charge in [-0.05, 0) is 41.1 Å². The van der Waals surface area contributed by atoms with Gasteiger partial charge in [0.2, 0.25) is 0 Å². The highest BCUT2D eigenvalue weighted by atomic mass is 79.9. The second-order valence-corrected chi connectivity index (χ2v) is 5.27. The van der Waals surface area contributed by atoms with E-state index in [0.717, 1.165) is 23.2 Å². The third kappa shape index (κ3) is 3.35. The molecule has 0 saturated carbocycles. The molecule has 1 aliphatic heterocycles. The number of ether oxygens (including phenoxy) is 1. The van der Waals surface area contributed by atoms with Crippen molar-refractivity contribution in [3.63, 3.8) is 0 Å². The number of piperidine rings is 1. The number of hydrogen-bond acceptors (Lipinski definition) is 4. The molecule has 2 rings (SSSR count). The van der Waals surface area contributed by atoms with Crippen molar-refractivity contribution in [2.45, 2.75) is 19.8 Å². The monoisotopic (exact) mass is 325 g/mol. The van der Waals surface area contributed by atoms with Crippen LogP contribution in [0.25, 0.3) is 0 Å². The minimum absolute atomic E-state index is 0.315. The first-order valence-corrected chi connectivity index (χ1v) is 7.14. The fourth-order valence-corrected chi connectivity index (χ4v) is 2.73. The number of esters is 1. The number of halogens is 1. The van der Waals surface area contributed by atoms with Crippen LogP contribution in [0.2, 0.25) is 0 Å². The number of hydrogen-bond donors (Lipinski definition) is 0. The summed E-state index contributed by atoms with van der Waals surface area (Å²) in [6.07, 6.45) is 1.18. The van der Waals surface area contributed by atoms with E-state index in [9.17, 15) is 9.59 Å². The van der Waals surface area contributed by atoms with E-state index in [1.165, 1.54) is 0 Å². The molecule has 0 spiro atoms. The van der Waals surface area contributed by atoms with E-state index in [0.29, 0.717) is 30.8 Å². The molecule has 0 amide bonds. The number of anilines is 1. The summed E-state index contributed by atoms with van der Waals surface area (Å²) in [5.74, 6) is -0.000844. The van der Waals surface area contributed by atoms with Gasteiger partial charge in [0.1, 0.15) is 5.78 Å². The van der Waals surface area contributed by atoms with E-state index in [-0.39, 0.29) is 5.97 Å². The third-order valence-electron chi connectivity index (χ3n) is 3.12. The Morgan fingerprint density at radius 2 is 2.05 bits per heavy atom. The number of benzene rings is 1. The topological polar surface area (TPSA) is 46.6 Å². The van der Waals surface area contributed by atoms with Crippen LogP contribution in [0.5, 0.6) is 0 Å². The van der Waals surface area contributed by atoms with Crippen LogP contribution in [0, 0.1) is 0 Å². The van der Waals surface area contributed by atoms with Crippen molar-refractivity contribution in [3.05, 3.63) is 28.2 Å². The second-order valence-electron chi connectivity index (χ2n) is 4.41. The number of ketones is 1. The van der Waals surface area contributed by atoms with E-state index >= 15 is 0 Å². The Bertz CT molecular complexity index is 491. The van der Waals surface area contributed by atoms with E-state index in [2.05, 4.69) is 20.8 Å². The standard InChI is InChI=1S/C14H16BrNO3/c1-2-19-14(18)10-3-4-13(12(15)9-10)16-7-5-11(17)6-8-16/h3-4,9H,2,5-8H2,1H3. The fourth-order valence-electron chi connectivity index (χ4n) is 2.10. The summed E-state index contributed by atoms with van der Waals surface area (Å²) in [7, 11) is 0. The molecule has 0 atom stereocenters. The van der Waals surface area contributed by atoms with E-state index in [1.807, 2.05) is 6.07 Å². The molecule has 4 nitrogen and oxygen atoms in total. The summed E-state index contributed by atoms with van der Waals surface area (Å²) >= 11 is 3.48. The lowest BCUT2D eigenvalue weighted by atomic mass is 10.1. The number of Topliss-reactive ketones (excluding diaryl/α,β-unsaturated/α-hetero) is 1. The molecule has 1 heterocycles. The molecular weight excluding hydrogens is 310 g/mol. The van der Waals surface area contributed by atoms with Gasteiger partial charge >= 0.3 is 5.97 Å². The van der Waals surface area contributed by atoms with Crippen LogP contribution in [0.4, 0.5) is 5.69 Å². The first kappa shape index (κ1) is 14.1. The minimum Gasteiger partial charge on any atom is -0.462 e. The molecule has 0 unspecified atom stereocenters.